The van der Waals surface area contributed by atoms with Crippen LogP contribution in [0.2, 0.25) is 0 Å². The van der Waals surface area contributed by atoms with Crippen LogP contribution in [0.1, 0.15) is 42.9 Å². The van der Waals surface area contributed by atoms with E-state index in [1.54, 1.807) is 30.3 Å². The van der Waals surface area contributed by atoms with Gasteiger partial charge in [0.2, 0.25) is 12.2 Å². The van der Waals surface area contributed by atoms with Crippen molar-refractivity contribution < 1.29 is 58.5 Å². The molecule has 0 aromatic heterocycles. The van der Waals surface area contributed by atoms with E-state index in [9.17, 15) is 49.0 Å². The van der Waals surface area contributed by atoms with Gasteiger partial charge in [0.25, 0.3) is 0 Å². The van der Waals surface area contributed by atoms with E-state index in [0.717, 1.165) is 0 Å². The van der Waals surface area contributed by atoms with Gasteiger partial charge in [0, 0.05) is 11.3 Å². The number of carboxylic acids is 1. The van der Waals surface area contributed by atoms with Crippen LogP contribution in [0.15, 0.2) is 91.0 Å². The van der Waals surface area contributed by atoms with Crippen molar-refractivity contribution in [1.82, 2.24) is 0 Å². The number of carbonyl (C=O) groups is 2. The molecule has 2 aliphatic heterocycles. The summed E-state index contributed by atoms with van der Waals surface area (Å²) in [6.45, 7) is 0. The number of aliphatic hydroxyl groups is 4. The smallest absolute Gasteiger partial charge is 0.335 e. The first-order valence-electron chi connectivity index (χ1n) is 16.4. The number of aromatic hydroxyl groups is 1. The second-order valence-corrected chi connectivity index (χ2v) is 13.4. The summed E-state index contributed by atoms with van der Waals surface area (Å²) in [5.74, 6) is -2.66. The topological polar surface area (TPSA) is 177 Å². The largest absolute Gasteiger partial charge is 0.508 e. The van der Waals surface area contributed by atoms with E-state index >= 15 is 0 Å². The first-order chi connectivity index (χ1) is 24.3. The van der Waals surface area contributed by atoms with Crippen LogP contribution in [0.3, 0.4) is 0 Å². The molecule has 6 N–H and O–H groups in total. The van der Waals surface area contributed by atoms with Gasteiger partial charge in [-0.1, -0.05) is 36.4 Å². The molecule has 7 rings (SSSR count). The second-order valence-electron chi connectivity index (χ2n) is 13.4. The summed E-state index contributed by atoms with van der Waals surface area (Å²) in [7, 11) is 0. The molecular formula is C38H35F2NO10. The molecule has 4 aromatic carbocycles. The Morgan fingerprint density at radius 2 is 1.43 bits per heavy atom. The first-order valence-corrected chi connectivity index (χ1v) is 16.4. The van der Waals surface area contributed by atoms with E-state index in [-0.39, 0.29) is 43.1 Å². The van der Waals surface area contributed by atoms with E-state index in [4.69, 9.17) is 9.47 Å². The lowest BCUT2D eigenvalue weighted by molar-refractivity contribution is -0.271. The molecule has 11 nitrogen and oxygen atoms in total. The number of benzene rings is 4. The Kier molecular flexibility index (Phi) is 8.80. The molecular weight excluding hydrogens is 668 g/mol. The number of carbonyl (C=O) groups excluding carboxylic acids is 1. The van der Waals surface area contributed by atoms with E-state index in [1.807, 2.05) is 0 Å². The maximum atomic E-state index is 14.0. The summed E-state index contributed by atoms with van der Waals surface area (Å²) in [6, 6.07) is 21.8. The van der Waals surface area contributed by atoms with Crippen molar-refractivity contribution in [2.75, 3.05) is 4.90 Å². The fraction of sp³-hybridized carbons (Fsp3) is 0.316. The number of phenols is 1. The molecule has 4 aromatic rings. The number of ether oxygens (including phenoxy) is 2. The van der Waals surface area contributed by atoms with Gasteiger partial charge in [0.1, 0.15) is 41.4 Å². The lowest BCUT2D eigenvalue weighted by atomic mass is 9.56. The number of aliphatic carboxylic acids is 1. The lowest BCUT2D eigenvalue weighted by Crippen LogP contribution is -2.65. The molecule has 3 fully saturated rings. The highest BCUT2D eigenvalue weighted by Crippen LogP contribution is 2.62. The standard InChI is InChI=1S/C38H35F2NO10/c39-23-7-5-22(6-8-23)38(49)16-14-37(15-17-38)33(41(36(37)48)25-11-9-24(40)10-12-25)27-13-4-21(19-28(27)42)20-2-1-3-26(18-20)50-35-31(45)29(43)30(44)32(51-35)34(46)47/h1-13,18-19,29-33,35,42-45,49H,14-17H2,(H,46,47)/t29-,30+,31?,32?,33+,35+,37?,38?/m0/s1. The van der Waals surface area contributed by atoms with Gasteiger partial charge in [-0.15, -0.1) is 0 Å². The maximum Gasteiger partial charge on any atom is 0.335 e. The van der Waals surface area contributed by atoms with Gasteiger partial charge in [-0.25, -0.2) is 13.6 Å². The number of hydrogen-bond donors (Lipinski definition) is 6. The highest BCUT2D eigenvalue weighted by atomic mass is 19.1. The molecule has 3 aliphatic rings. The van der Waals surface area contributed by atoms with Crippen molar-refractivity contribution in [1.29, 1.82) is 0 Å². The molecule has 6 atom stereocenters. The normalized spacial score (nSPS) is 30.5. The van der Waals surface area contributed by atoms with Crippen LogP contribution >= 0.6 is 0 Å². The van der Waals surface area contributed by atoms with Crippen molar-refractivity contribution in [2.45, 2.75) is 68.0 Å². The number of halogens is 2. The number of rotatable bonds is 7. The summed E-state index contributed by atoms with van der Waals surface area (Å²) in [4.78, 5) is 27.1. The predicted octanol–water partition coefficient (Wildman–Crippen LogP) is 4.14. The SMILES string of the molecule is O=C(O)C1O[C@@H](Oc2cccc(-c3ccc([C@H]4N(c5ccc(F)cc5)C(=O)C45CCC(O)(c4ccc(F)cc4)CC5)c(O)c3)c2)C(O)[C@@H](O)[C@H]1O. The van der Waals surface area contributed by atoms with E-state index < -0.39 is 65.4 Å². The van der Waals surface area contributed by atoms with Crippen LogP contribution in [0.5, 0.6) is 11.5 Å². The number of nitrogens with zero attached hydrogens (tertiary/aromatic N) is 1. The Morgan fingerprint density at radius 3 is 2.06 bits per heavy atom. The summed E-state index contributed by atoms with van der Waals surface area (Å²) in [5, 5.41) is 62.9. The van der Waals surface area contributed by atoms with Gasteiger partial charge >= 0.3 is 5.97 Å². The van der Waals surface area contributed by atoms with Crippen molar-refractivity contribution >= 4 is 17.6 Å². The third kappa shape index (κ3) is 6.00. The fourth-order valence-corrected chi connectivity index (χ4v) is 7.59. The maximum absolute atomic E-state index is 14.0. The summed E-state index contributed by atoms with van der Waals surface area (Å²) < 4.78 is 38.4. The lowest BCUT2D eigenvalue weighted by Gasteiger charge is -2.59. The Balaban J connectivity index is 1.17. The average molecular weight is 704 g/mol. The Labute approximate surface area is 290 Å². The van der Waals surface area contributed by atoms with Gasteiger partial charge in [-0.3, -0.25) is 4.79 Å². The third-order valence-corrected chi connectivity index (χ3v) is 10.4. The van der Waals surface area contributed by atoms with Crippen molar-refractivity contribution in [2.24, 2.45) is 5.41 Å². The molecule has 1 amide bonds. The molecule has 1 aliphatic carbocycles. The van der Waals surface area contributed by atoms with Crippen LogP contribution in [-0.2, 0) is 19.9 Å². The van der Waals surface area contributed by atoms with Crippen molar-refractivity contribution in [3.63, 3.8) is 0 Å². The van der Waals surface area contributed by atoms with Crippen LogP contribution in [0, 0.1) is 17.0 Å². The van der Waals surface area contributed by atoms with Crippen LogP contribution in [-0.4, -0.2) is 73.2 Å². The summed E-state index contributed by atoms with van der Waals surface area (Å²) >= 11 is 0. The van der Waals surface area contributed by atoms with Crippen LogP contribution in [0.25, 0.3) is 11.1 Å². The second kappa shape index (κ2) is 13.0. The summed E-state index contributed by atoms with van der Waals surface area (Å²) in [6.07, 6.45) is -7.94. The number of hydrogen-bond acceptors (Lipinski definition) is 9. The average Bonchev–Trinajstić information content (AvgIpc) is 3.12. The minimum Gasteiger partial charge on any atom is -0.508 e. The van der Waals surface area contributed by atoms with E-state index in [0.29, 0.717) is 27.9 Å². The highest BCUT2D eigenvalue weighted by Gasteiger charge is 2.64. The van der Waals surface area contributed by atoms with Crippen molar-refractivity contribution in [3.8, 4) is 22.6 Å². The monoisotopic (exact) mass is 703 g/mol. The minimum absolute atomic E-state index is 0.130. The van der Waals surface area contributed by atoms with Gasteiger partial charge in [-0.2, -0.15) is 0 Å². The predicted molar refractivity (Wildman–Crippen MR) is 176 cm³/mol. The number of aliphatic hydroxyl groups excluding tert-OH is 3. The number of anilines is 1. The summed E-state index contributed by atoms with van der Waals surface area (Å²) in [5.41, 5.74) is 0.258. The molecule has 0 radical (unpaired) electrons. The number of phenolic OH excluding ortho intramolecular Hbond substituents is 1. The fourth-order valence-electron chi connectivity index (χ4n) is 7.59. The molecule has 2 heterocycles. The number of amides is 1. The zero-order valence-corrected chi connectivity index (χ0v) is 27.0. The molecule has 13 heteroatoms. The van der Waals surface area contributed by atoms with E-state index in [1.165, 1.54) is 65.6 Å². The number of β-lactam (4-membered cyclic amide) rings is 1. The van der Waals surface area contributed by atoms with Gasteiger partial charge < -0.3 is 45.0 Å². The molecule has 266 valence electrons. The molecule has 0 bridgehead atoms. The molecule has 51 heavy (non-hydrogen) atoms. The zero-order chi connectivity index (χ0) is 36.2. The Hall–Kier alpha value is -4.92. The van der Waals surface area contributed by atoms with Gasteiger partial charge in [0.15, 0.2) is 6.10 Å². The highest BCUT2D eigenvalue weighted by molar-refractivity contribution is 6.06. The minimum atomic E-state index is -1.87. The number of carboxylic acid groups (broad SMARTS) is 1. The van der Waals surface area contributed by atoms with Crippen LogP contribution < -0.4 is 9.64 Å². The molecule has 1 saturated carbocycles. The van der Waals surface area contributed by atoms with Crippen molar-refractivity contribution in [3.05, 3.63) is 114 Å². The molecule has 2 saturated heterocycles. The van der Waals surface area contributed by atoms with Crippen LogP contribution in [0.4, 0.5) is 14.5 Å². The third-order valence-electron chi connectivity index (χ3n) is 10.4. The van der Waals surface area contributed by atoms with Gasteiger partial charge in [-0.05, 0) is 97.0 Å². The van der Waals surface area contributed by atoms with Gasteiger partial charge in [0.05, 0.1) is 17.1 Å². The first kappa shape index (κ1) is 34.5. The zero-order valence-electron chi connectivity index (χ0n) is 27.0. The molecule has 1 spiro atoms. The molecule has 2 unspecified atom stereocenters. The Morgan fingerprint density at radius 1 is 0.804 bits per heavy atom. The quantitative estimate of drug-likeness (QED) is 0.153. The Bertz CT molecular complexity index is 1950. The van der Waals surface area contributed by atoms with E-state index in [2.05, 4.69) is 0 Å².